The molecule has 0 spiro atoms. The molecule has 150 valence electrons. The molecule has 0 aliphatic rings. The number of hydrogen-bond acceptors (Lipinski definition) is 6. The zero-order valence-corrected chi connectivity index (χ0v) is 16.1. The minimum absolute atomic E-state index is 0.0585. The molecular weight excluding hydrogens is 374 g/mol. The molecule has 0 atom stereocenters. The number of carbonyl (C=O) groups excluding carboxylic acids is 2. The van der Waals surface area contributed by atoms with Gasteiger partial charge in [0.05, 0.1) is 18.5 Å². The highest BCUT2D eigenvalue weighted by atomic mass is 16.5. The molecule has 3 rings (SSSR count). The largest absolute Gasteiger partial charge is 0.451 e. The summed E-state index contributed by atoms with van der Waals surface area (Å²) in [5, 5.41) is 16.5. The van der Waals surface area contributed by atoms with Gasteiger partial charge in [-0.1, -0.05) is 30.3 Å². The number of aliphatic hydroxyl groups excluding tert-OH is 1. The molecule has 0 saturated heterocycles. The monoisotopic (exact) mass is 395 g/mol. The Labute approximate surface area is 166 Å². The first-order valence-corrected chi connectivity index (χ1v) is 9.06. The summed E-state index contributed by atoms with van der Waals surface area (Å²) in [7, 11) is 0. The molecule has 29 heavy (non-hydrogen) atoms. The molecule has 0 aliphatic heterocycles. The lowest BCUT2D eigenvalue weighted by atomic mass is 10.1. The molecule has 8 heteroatoms. The van der Waals surface area contributed by atoms with E-state index in [1.165, 1.54) is 0 Å². The summed E-state index contributed by atoms with van der Waals surface area (Å²) in [6.07, 6.45) is 0. The van der Waals surface area contributed by atoms with Crippen LogP contribution >= 0.6 is 0 Å². The standard InChI is InChI=1S/C21H21N3O5/c1-13-6-5-9-17(14(13)2)22-18(26)12-29-21(28)19-15-7-3-4-8-16(15)20(27)24(23-19)10-11-25/h3-9,25H,10-12H2,1-2H3,(H,22,26). The molecule has 0 unspecified atom stereocenters. The van der Waals surface area contributed by atoms with Gasteiger partial charge in [-0.25, -0.2) is 9.48 Å². The van der Waals surface area contributed by atoms with Crippen LogP contribution in [0, 0.1) is 13.8 Å². The number of nitrogens with zero attached hydrogens (tertiary/aromatic N) is 2. The predicted octanol–water partition coefficient (Wildman–Crippen LogP) is 1.80. The van der Waals surface area contributed by atoms with Crippen molar-refractivity contribution in [1.29, 1.82) is 0 Å². The van der Waals surface area contributed by atoms with Crippen LogP contribution in [0.2, 0.25) is 0 Å². The smallest absolute Gasteiger partial charge is 0.359 e. The third-order valence-electron chi connectivity index (χ3n) is 4.59. The number of esters is 1. The highest BCUT2D eigenvalue weighted by molar-refractivity contribution is 6.03. The Morgan fingerprint density at radius 1 is 1.10 bits per heavy atom. The van der Waals surface area contributed by atoms with Crippen molar-refractivity contribution < 1.29 is 19.4 Å². The van der Waals surface area contributed by atoms with Crippen molar-refractivity contribution in [3.8, 4) is 0 Å². The van der Waals surface area contributed by atoms with E-state index in [0.29, 0.717) is 11.1 Å². The molecule has 0 radical (unpaired) electrons. The Morgan fingerprint density at radius 2 is 1.83 bits per heavy atom. The molecule has 1 aromatic heterocycles. The molecule has 3 aromatic rings. The molecule has 0 fully saturated rings. The van der Waals surface area contributed by atoms with Gasteiger partial charge in [-0.3, -0.25) is 9.59 Å². The Kier molecular flexibility index (Phi) is 6.04. The normalized spacial score (nSPS) is 10.7. The lowest BCUT2D eigenvalue weighted by molar-refractivity contribution is -0.119. The minimum atomic E-state index is -0.830. The summed E-state index contributed by atoms with van der Waals surface area (Å²) in [5.74, 6) is -1.32. The van der Waals surface area contributed by atoms with Crippen molar-refractivity contribution in [2.45, 2.75) is 20.4 Å². The molecule has 8 nitrogen and oxygen atoms in total. The van der Waals surface area contributed by atoms with E-state index in [4.69, 9.17) is 9.84 Å². The van der Waals surface area contributed by atoms with Crippen LogP contribution in [0.25, 0.3) is 10.8 Å². The van der Waals surface area contributed by atoms with Gasteiger partial charge >= 0.3 is 5.97 Å². The third kappa shape index (κ3) is 4.33. The maximum atomic E-state index is 12.6. The molecule has 0 saturated carbocycles. The van der Waals surface area contributed by atoms with Gasteiger partial charge in [0.1, 0.15) is 0 Å². The van der Waals surface area contributed by atoms with Crippen LogP contribution < -0.4 is 10.9 Å². The van der Waals surface area contributed by atoms with Gasteiger partial charge in [0, 0.05) is 11.1 Å². The summed E-state index contributed by atoms with van der Waals surface area (Å²) in [5.41, 5.74) is 2.09. The molecule has 1 amide bonds. The quantitative estimate of drug-likeness (QED) is 0.616. The Balaban J connectivity index is 1.79. The van der Waals surface area contributed by atoms with Crippen molar-refractivity contribution in [3.63, 3.8) is 0 Å². The first-order valence-electron chi connectivity index (χ1n) is 9.06. The highest BCUT2D eigenvalue weighted by Gasteiger charge is 2.19. The fourth-order valence-electron chi connectivity index (χ4n) is 2.90. The van der Waals surface area contributed by atoms with Crippen LogP contribution in [-0.4, -0.2) is 40.0 Å². The van der Waals surface area contributed by atoms with Crippen LogP contribution in [0.3, 0.4) is 0 Å². The summed E-state index contributed by atoms with van der Waals surface area (Å²) in [4.78, 5) is 37.2. The Morgan fingerprint density at radius 3 is 2.55 bits per heavy atom. The summed E-state index contributed by atoms with van der Waals surface area (Å²) in [6, 6.07) is 12.0. The molecule has 0 bridgehead atoms. The maximum absolute atomic E-state index is 12.6. The zero-order valence-electron chi connectivity index (χ0n) is 16.1. The average molecular weight is 395 g/mol. The van der Waals surface area contributed by atoms with E-state index in [-0.39, 0.29) is 24.2 Å². The zero-order chi connectivity index (χ0) is 21.0. The van der Waals surface area contributed by atoms with Crippen molar-refractivity contribution in [1.82, 2.24) is 9.78 Å². The van der Waals surface area contributed by atoms with Crippen molar-refractivity contribution in [2.75, 3.05) is 18.5 Å². The number of fused-ring (bicyclic) bond motifs is 1. The molecule has 1 heterocycles. The van der Waals surface area contributed by atoms with Gasteiger partial charge in [0.15, 0.2) is 12.3 Å². The van der Waals surface area contributed by atoms with Gasteiger partial charge in [0.2, 0.25) is 0 Å². The number of anilines is 1. The Bertz CT molecular complexity index is 1140. The molecule has 0 aliphatic carbocycles. The fourth-order valence-corrected chi connectivity index (χ4v) is 2.90. The van der Waals surface area contributed by atoms with Crippen molar-refractivity contribution in [3.05, 3.63) is 69.6 Å². The summed E-state index contributed by atoms with van der Waals surface area (Å²) >= 11 is 0. The van der Waals surface area contributed by atoms with E-state index < -0.39 is 24.0 Å². The number of carbonyl (C=O) groups is 2. The lowest BCUT2D eigenvalue weighted by Crippen LogP contribution is -2.28. The van der Waals surface area contributed by atoms with Crippen molar-refractivity contribution in [2.24, 2.45) is 0 Å². The van der Waals surface area contributed by atoms with Gasteiger partial charge < -0.3 is 15.2 Å². The topological polar surface area (TPSA) is 111 Å². The summed E-state index contributed by atoms with van der Waals surface area (Å²) in [6.45, 7) is 2.96. The first kappa shape index (κ1) is 20.2. The van der Waals surface area contributed by atoms with Gasteiger partial charge in [-0.15, -0.1) is 0 Å². The SMILES string of the molecule is Cc1cccc(NC(=O)COC(=O)c2nn(CCO)c(=O)c3ccccc23)c1C. The first-order chi connectivity index (χ1) is 13.9. The third-order valence-corrected chi connectivity index (χ3v) is 4.59. The number of aryl methyl sites for hydroxylation is 1. The average Bonchev–Trinajstić information content (AvgIpc) is 2.72. The number of hydrogen-bond donors (Lipinski definition) is 2. The van der Waals surface area contributed by atoms with Crippen molar-refractivity contribution >= 4 is 28.3 Å². The number of amides is 1. The Hall–Kier alpha value is -3.52. The van der Waals surface area contributed by atoms with Gasteiger partial charge in [-0.05, 0) is 37.1 Å². The highest BCUT2D eigenvalue weighted by Crippen LogP contribution is 2.18. The molecule has 2 aromatic carbocycles. The number of aliphatic hydroxyl groups is 1. The number of benzene rings is 2. The number of aromatic nitrogens is 2. The van der Waals surface area contributed by atoms with E-state index in [1.54, 1.807) is 30.3 Å². The number of rotatable bonds is 6. The second-order valence-corrected chi connectivity index (χ2v) is 6.52. The van der Waals surface area contributed by atoms with Crippen LogP contribution in [0.4, 0.5) is 5.69 Å². The van der Waals surface area contributed by atoms with E-state index in [0.717, 1.165) is 15.8 Å². The number of nitrogens with one attached hydrogen (secondary N) is 1. The predicted molar refractivity (Wildman–Crippen MR) is 108 cm³/mol. The fraction of sp³-hybridized carbons (Fsp3) is 0.238. The maximum Gasteiger partial charge on any atom is 0.359 e. The minimum Gasteiger partial charge on any atom is -0.451 e. The molecule has 2 N–H and O–H groups in total. The van der Waals surface area contributed by atoms with E-state index in [9.17, 15) is 14.4 Å². The number of ether oxygens (including phenoxy) is 1. The van der Waals surface area contributed by atoms with E-state index in [2.05, 4.69) is 10.4 Å². The van der Waals surface area contributed by atoms with Crippen LogP contribution in [0.1, 0.15) is 21.6 Å². The lowest BCUT2D eigenvalue weighted by Gasteiger charge is -2.12. The van der Waals surface area contributed by atoms with Gasteiger partial charge in [0.25, 0.3) is 11.5 Å². The van der Waals surface area contributed by atoms with E-state index in [1.807, 2.05) is 26.0 Å². The second-order valence-electron chi connectivity index (χ2n) is 6.52. The van der Waals surface area contributed by atoms with Gasteiger partial charge in [-0.2, -0.15) is 5.10 Å². The second kappa shape index (κ2) is 8.66. The van der Waals surface area contributed by atoms with Crippen LogP contribution in [-0.2, 0) is 16.1 Å². The van der Waals surface area contributed by atoms with Crippen LogP contribution in [0.15, 0.2) is 47.3 Å². The summed E-state index contributed by atoms with van der Waals surface area (Å²) < 4.78 is 6.13. The van der Waals surface area contributed by atoms with E-state index >= 15 is 0 Å². The van der Waals surface area contributed by atoms with Crippen LogP contribution in [0.5, 0.6) is 0 Å². The molecular formula is C21H21N3O5.